The van der Waals surface area contributed by atoms with E-state index in [9.17, 15) is 18.7 Å². The van der Waals surface area contributed by atoms with Crippen LogP contribution in [-0.2, 0) is 4.74 Å². The third-order valence-electron chi connectivity index (χ3n) is 2.78. The van der Waals surface area contributed by atoms with E-state index < -0.39 is 36.5 Å². The molecule has 6 nitrogen and oxygen atoms in total. The third-order valence-corrected chi connectivity index (χ3v) is 2.78. The third kappa shape index (κ3) is 1.88. The highest BCUT2D eigenvalue weighted by Gasteiger charge is 2.59. The standard InChI is InChI=1S/C10H12F2N2O4/c11-10(12)8(17)6(4-15)18-9(10)14-2-1-5(13)3-7(14)16/h1-3,6,8-9,15,17H,4,13H2/t6-,8?,9-/m1/s1. The molecular formula is C10H12F2N2O4. The highest BCUT2D eigenvalue weighted by Crippen LogP contribution is 2.41. The molecule has 1 unspecified atom stereocenters. The molecule has 3 atom stereocenters. The summed E-state index contributed by atoms with van der Waals surface area (Å²) in [4.78, 5) is 11.5. The van der Waals surface area contributed by atoms with Crippen molar-refractivity contribution >= 4 is 5.69 Å². The lowest BCUT2D eigenvalue weighted by Gasteiger charge is -2.21. The fraction of sp³-hybridized carbons (Fsp3) is 0.500. The maximum absolute atomic E-state index is 13.7. The average molecular weight is 262 g/mol. The Morgan fingerprint density at radius 3 is 2.72 bits per heavy atom. The number of aliphatic hydroxyl groups excluding tert-OH is 2. The molecule has 0 bridgehead atoms. The van der Waals surface area contributed by atoms with Crippen molar-refractivity contribution < 1.29 is 23.7 Å². The van der Waals surface area contributed by atoms with Crippen molar-refractivity contribution in [3.8, 4) is 0 Å². The predicted octanol–water partition coefficient (Wildman–Crippen LogP) is -0.684. The Balaban J connectivity index is 2.42. The van der Waals surface area contributed by atoms with Crippen molar-refractivity contribution in [2.45, 2.75) is 24.4 Å². The van der Waals surface area contributed by atoms with E-state index in [1.165, 1.54) is 6.07 Å². The topological polar surface area (TPSA) is 97.7 Å². The number of pyridine rings is 1. The van der Waals surface area contributed by atoms with E-state index in [4.69, 9.17) is 15.6 Å². The van der Waals surface area contributed by atoms with Crippen LogP contribution >= 0.6 is 0 Å². The number of rotatable bonds is 2. The SMILES string of the molecule is Nc1ccn([C@@H]2O[C@H](CO)C(O)C2(F)F)c(=O)c1. The molecule has 1 aromatic rings. The summed E-state index contributed by atoms with van der Waals surface area (Å²) in [5, 5.41) is 18.1. The number of ether oxygens (including phenoxy) is 1. The number of halogens is 2. The largest absolute Gasteiger partial charge is 0.399 e. The number of aromatic nitrogens is 1. The van der Waals surface area contributed by atoms with Gasteiger partial charge < -0.3 is 20.7 Å². The van der Waals surface area contributed by atoms with E-state index in [1.54, 1.807) is 0 Å². The van der Waals surface area contributed by atoms with Crippen LogP contribution in [0.2, 0.25) is 0 Å². The lowest BCUT2D eigenvalue weighted by atomic mass is 10.1. The summed E-state index contributed by atoms with van der Waals surface area (Å²) in [6.07, 6.45) is -4.51. The molecule has 0 saturated carbocycles. The van der Waals surface area contributed by atoms with E-state index in [-0.39, 0.29) is 5.69 Å². The molecule has 100 valence electrons. The van der Waals surface area contributed by atoms with Crippen molar-refractivity contribution in [3.05, 3.63) is 28.7 Å². The normalized spacial score (nSPS) is 30.6. The molecule has 2 heterocycles. The minimum absolute atomic E-state index is 0.136. The maximum Gasteiger partial charge on any atom is 0.320 e. The molecule has 1 aliphatic heterocycles. The fourth-order valence-corrected chi connectivity index (χ4v) is 1.82. The molecule has 1 saturated heterocycles. The van der Waals surface area contributed by atoms with Crippen LogP contribution in [0.25, 0.3) is 0 Å². The number of hydrogen-bond acceptors (Lipinski definition) is 5. The van der Waals surface area contributed by atoms with Gasteiger partial charge in [0.05, 0.1) is 6.61 Å². The van der Waals surface area contributed by atoms with Crippen LogP contribution in [0, 0.1) is 0 Å². The molecule has 8 heteroatoms. The second kappa shape index (κ2) is 4.30. The number of nitrogens with two attached hydrogens (primary N) is 1. The first-order valence-electron chi connectivity index (χ1n) is 5.17. The minimum Gasteiger partial charge on any atom is -0.399 e. The van der Waals surface area contributed by atoms with Crippen molar-refractivity contribution in [2.24, 2.45) is 0 Å². The second-order valence-corrected chi connectivity index (χ2v) is 4.03. The molecule has 18 heavy (non-hydrogen) atoms. The summed E-state index contributed by atoms with van der Waals surface area (Å²) in [5.74, 6) is -3.67. The van der Waals surface area contributed by atoms with E-state index in [2.05, 4.69) is 0 Å². The Bertz CT molecular complexity index is 505. The molecule has 0 spiro atoms. The number of hydrogen-bond donors (Lipinski definition) is 3. The number of aliphatic hydroxyl groups is 2. The van der Waals surface area contributed by atoms with Gasteiger partial charge in [-0.2, -0.15) is 8.78 Å². The second-order valence-electron chi connectivity index (χ2n) is 4.03. The van der Waals surface area contributed by atoms with Gasteiger partial charge in [-0.15, -0.1) is 0 Å². The number of anilines is 1. The van der Waals surface area contributed by atoms with E-state index in [0.717, 1.165) is 12.3 Å². The molecule has 1 aromatic heterocycles. The summed E-state index contributed by atoms with van der Waals surface area (Å²) in [6, 6.07) is 2.23. The molecule has 2 rings (SSSR count). The summed E-state index contributed by atoms with van der Waals surface area (Å²) in [7, 11) is 0. The van der Waals surface area contributed by atoms with Gasteiger partial charge in [0.2, 0.25) is 6.23 Å². The monoisotopic (exact) mass is 262 g/mol. The highest BCUT2D eigenvalue weighted by molar-refractivity contribution is 5.34. The molecule has 0 aliphatic carbocycles. The summed E-state index contributed by atoms with van der Waals surface area (Å²) < 4.78 is 32.9. The van der Waals surface area contributed by atoms with Gasteiger partial charge in [0.15, 0.2) is 6.10 Å². The summed E-state index contributed by atoms with van der Waals surface area (Å²) >= 11 is 0. The molecule has 0 radical (unpaired) electrons. The predicted molar refractivity (Wildman–Crippen MR) is 57.1 cm³/mol. The fourth-order valence-electron chi connectivity index (χ4n) is 1.82. The summed E-state index contributed by atoms with van der Waals surface area (Å²) in [5.41, 5.74) is 4.71. The Kier molecular flexibility index (Phi) is 3.09. The van der Waals surface area contributed by atoms with Gasteiger partial charge in [0.1, 0.15) is 6.10 Å². The van der Waals surface area contributed by atoms with Crippen LogP contribution in [0.15, 0.2) is 23.1 Å². The molecule has 4 N–H and O–H groups in total. The average Bonchev–Trinajstić information content (AvgIpc) is 2.52. The first kappa shape index (κ1) is 12.9. The van der Waals surface area contributed by atoms with Crippen LogP contribution in [0.3, 0.4) is 0 Å². The lowest BCUT2D eigenvalue weighted by molar-refractivity contribution is -0.140. The quantitative estimate of drug-likeness (QED) is 0.656. The zero-order valence-electron chi connectivity index (χ0n) is 9.16. The van der Waals surface area contributed by atoms with Crippen molar-refractivity contribution in [1.82, 2.24) is 4.57 Å². The van der Waals surface area contributed by atoms with Crippen LogP contribution in [-0.4, -0.2) is 39.5 Å². The van der Waals surface area contributed by atoms with Gasteiger partial charge in [-0.25, -0.2) is 0 Å². The Labute approximate surface area is 100 Å². The molecular weight excluding hydrogens is 250 g/mol. The van der Waals surface area contributed by atoms with Crippen molar-refractivity contribution in [2.75, 3.05) is 12.3 Å². The lowest BCUT2D eigenvalue weighted by Crippen LogP contribution is -2.41. The zero-order valence-corrected chi connectivity index (χ0v) is 9.16. The Morgan fingerprint density at radius 2 is 2.22 bits per heavy atom. The van der Waals surface area contributed by atoms with E-state index in [0.29, 0.717) is 4.57 Å². The van der Waals surface area contributed by atoms with Gasteiger partial charge in [0, 0.05) is 18.0 Å². The highest BCUT2D eigenvalue weighted by atomic mass is 19.3. The van der Waals surface area contributed by atoms with Crippen LogP contribution in [0.4, 0.5) is 14.5 Å². The Hall–Kier alpha value is -1.51. The number of nitrogen functional groups attached to an aromatic ring is 1. The molecule has 1 fully saturated rings. The van der Waals surface area contributed by atoms with Crippen LogP contribution in [0.1, 0.15) is 6.23 Å². The van der Waals surface area contributed by atoms with Crippen molar-refractivity contribution in [3.63, 3.8) is 0 Å². The molecule has 1 aliphatic rings. The van der Waals surface area contributed by atoms with Crippen molar-refractivity contribution in [1.29, 1.82) is 0 Å². The number of alkyl halides is 2. The van der Waals surface area contributed by atoms with Gasteiger partial charge in [-0.3, -0.25) is 9.36 Å². The first-order valence-corrected chi connectivity index (χ1v) is 5.17. The molecule has 0 amide bonds. The smallest absolute Gasteiger partial charge is 0.320 e. The van der Waals surface area contributed by atoms with Gasteiger partial charge in [0.25, 0.3) is 5.56 Å². The van der Waals surface area contributed by atoms with Gasteiger partial charge >= 0.3 is 5.92 Å². The first-order chi connectivity index (χ1) is 8.37. The number of nitrogens with zero attached hydrogens (tertiary/aromatic N) is 1. The van der Waals surface area contributed by atoms with Crippen LogP contribution in [0.5, 0.6) is 0 Å². The van der Waals surface area contributed by atoms with Gasteiger partial charge in [-0.1, -0.05) is 0 Å². The summed E-state index contributed by atoms with van der Waals surface area (Å²) in [6.45, 7) is -0.767. The van der Waals surface area contributed by atoms with E-state index in [1.807, 2.05) is 0 Å². The minimum atomic E-state index is -3.67. The van der Waals surface area contributed by atoms with Gasteiger partial charge in [-0.05, 0) is 6.07 Å². The van der Waals surface area contributed by atoms with E-state index >= 15 is 0 Å². The molecule has 0 aromatic carbocycles. The van der Waals surface area contributed by atoms with Crippen LogP contribution < -0.4 is 11.3 Å². The maximum atomic E-state index is 13.7. The Morgan fingerprint density at radius 1 is 1.56 bits per heavy atom. The zero-order chi connectivity index (χ0) is 13.5.